The Morgan fingerprint density at radius 3 is 2.28 bits per heavy atom. The highest BCUT2D eigenvalue weighted by atomic mass is 16.2. The van der Waals surface area contributed by atoms with Crippen LogP contribution in [-0.2, 0) is 4.79 Å². The van der Waals surface area contributed by atoms with Gasteiger partial charge in [0.05, 0.1) is 6.54 Å². The van der Waals surface area contributed by atoms with Gasteiger partial charge in [0, 0.05) is 42.1 Å². The normalized spacial score (nSPS) is 13.7. The van der Waals surface area contributed by atoms with Crippen molar-refractivity contribution in [3.8, 4) is 0 Å². The lowest BCUT2D eigenvalue weighted by molar-refractivity contribution is -0.114. The Bertz CT molecular complexity index is 919. The average molecular weight is 437 g/mol. The largest absolute Gasteiger partial charge is 0.376 e. The first-order valence-electron chi connectivity index (χ1n) is 11.4. The molecule has 1 aliphatic rings. The molecule has 3 rings (SSSR count). The average Bonchev–Trinajstić information content (AvgIpc) is 3.11. The van der Waals surface area contributed by atoms with Crippen molar-refractivity contribution < 1.29 is 14.4 Å². The Hall–Kier alpha value is -3.35. The monoisotopic (exact) mass is 436 g/mol. The first-order chi connectivity index (χ1) is 15.6. The van der Waals surface area contributed by atoms with Crippen LogP contribution in [-0.4, -0.2) is 48.8 Å². The van der Waals surface area contributed by atoms with Gasteiger partial charge in [0.2, 0.25) is 5.91 Å². The standard InChI is InChI=1S/C25H32N4O3/c1-2-14-26-24(31)19-10-12-21(13-11-19)27-18-23(30)28-22-9-7-8-20(17-22)25(32)29-15-5-3-4-6-16-29/h7-13,17,27H,2-6,14-16,18H2,1H3,(H,26,31)(H,28,30). The highest BCUT2D eigenvalue weighted by Gasteiger charge is 2.17. The van der Waals surface area contributed by atoms with Crippen LogP contribution in [0.5, 0.6) is 0 Å². The summed E-state index contributed by atoms with van der Waals surface area (Å²) in [5.74, 6) is -0.302. The Labute approximate surface area is 189 Å². The SMILES string of the molecule is CCCNC(=O)c1ccc(NCC(=O)Nc2cccc(C(=O)N3CCCCCC3)c2)cc1. The molecule has 1 aliphatic heterocycles. The maximum Gasteiger partial charge on any atom is 0.253 e. The van der Waals surface area contributed by atoms with Crippen molar-refractivity contribution >= 4 is 29.1 Å². The second-order valence-corrected chi connectivity index (χ2v) is 8.02. The van der Waals surface area contributed by atoms with Gasteiger partial charge < -0.3 is 20.9 Å². The van der Waals surface area contributed by atoms with E-state index in [1.165, 1.54) is 12.8 Å². The number of hydrogen-bond acceptors (Lipinski definition) is 4. The van der Waals surface area contributed by atoms with Gasteiger partial charge in [-0.25, -0.2) is 0 Å². The molecule has 170 valence electrons. The molecule has 0 aliphatic carbocycles. The van der Waals surface area contributed by atoms with Gasteiger partial charge in [-0.1, -0.05) is 25.8 Å². The number of nitrogens with one attached hydrogen (secondary N) is 3. The first kappa shape index (κ1) is 23.3. The minimum atomic E-state index is -0.214. The van der Waals surface area contributed by atoms with Crippen molar-refractivity contribution in [3.05, 3.63) is 59.7 Å². The molecule has 7 heteroatoms. The number of benzene rings is 2. The topological polar surface area (TPSA) is 90.5 Å². The van der Waals surface area contributed by atoms with E-state index < -0.39 is 0 Å². The summed E-state index contributed by atoms with van der Waals surface area (Å²) in [4.78, 5) is 39.0. The molecule has 7 nitrogen and oxygen atoms in total. The fourth-order valence-electron chi connectivity index (χ4n) is 3.65. The smallest absolute Gasteiger partial charge is 0.253 e. The highest BCUT2D eigenvalue weighted by molar-refractivity contribution is 5.98. The van der Waals surface area contributed by atoms with Gasteiger partial charge >= 0.3 is 0 Å². The van der Waals surface area contributed by atoms with Crippen molar-refractivity contribution in [3.63, 3.8) is 0 Å². The lowest BCUT2D eigenvalue weighted by Crippen LogP contribution is -2.31. The first-order valence-corrected chi connectivity index (χ1v) is 11.4. The predicted molar refractivity (Wildman–Crippen MR) is 127 cm³/mol. The molecule has 0 aromatic heterocycles. The Morgan fingerprint density at radius 2 is 1.59 bits per heavy atom. The third-order valence-corrected chi connectivity index (χ3v) is 5.42. The quantitative estimate of drug-likeness (QED) is 0.586. The molecule has 3 N–H and O–H groups in total. The maximum atomic E-state index is 12.8. The molecule has 2 aromatic carbocycles. The van der Waals surface area contributed by atoms with Crippen molar-refractivity contribution in [1.82, 2.24) is 10.2 Å². The van der Waals surface area contributed by atoms with E-state index in [9.17, 15) is 14.4 Å². The van der Waals surface area contributed by atoms with Gasteiger partial charge in [0.15, 0.2) is 0 Å². The van der Waals surface area contributed by atoms with E-state index >= 15 is 0 Å². The highest BCUT2D eigenvalue weighted by Crippen LogP contribution is 2.17. The molecule has 1 fully saturated rings. The van der Waals surface area contributed by atoms with Gasteiger partial charge in [-0.15, -0.1) is 0 Å². The molecule has 0 unspecified atom stereocenters. The third kappa shape index (κ3) is 6.83. The molecule has 0 spiro atoms. The number of carbonyl (C=O) groups is 3. The van der Waals surface area contributed by atoms with E-state index in [0.717, 1.165) is 38.0 Å². The lowest BCUT2D eigenvalue weighted by Gasteiger charge is -2.20. The van der Waals surface area contributed by atoms with Crippen molar-refractivity contribution in [1.29, 1.82) is 0 Å². The molecule has 1 saturated heterocycles. The van der Waals surface area contributed by atoms with Crippen molar-refractivity contribution in [2.45, 2.75) is 39.0 Å². The summed E-state index contributed by atoms with van der Waals surface area (Å²) in [5, 5.41) is 8.72. The van der Waals surface area contributed by atoms with Gasteiger partial charge in [-0.2, -0.15) is 0 Å². The molecule has 0 bridgehead atoms. The van der Waals surface area contributed by atoms with Crippen LogP contribution in [0.4, 0.5) is 11.4 Å². The fourth-order valence-corrected chi connectivity index (χ4v) is 3.65. The minimum absolute atomic E-state index is 0.0178. The van der Waals surface area contributed by atoms with Crippen LogP contribution >= 0.6 is 0 Å². The van der Waals surface area contributed by atoms with E-state index in [1.807, 2.05) is 11.8 Å². The number of hydrogen-bond donors (Lipinski definition) is 3. The zero-order chi connectivity index (χ0) is 22.8. The van der Waals surface area contributed by atoms with Crippen molar-refractivity contribution in [2.75, 3.05) is 36.8 Å². The molecule has 3 amide bonds. The number of nitrogens with zero attached hydrogens (tertiary/aromatic N) is 1. The number of rotatable bonds is 8. The van der Waals surface area contributed by atoms with Crippen LogP contribution < -0.4 is 16.0 Å². The molecule has 32 heavy (non-hydrogen) atoms. The zero-order valence-electron chi connectivity index (χ0n) is 18.7. The van der Waals surface area contributed by atoms with E-state index in [4.69, 9.17) is 0 Å². The van der Waals surface area contributed by atoms with Gasteiger partial charge in [0.1, 0.15) is 0 Å². The Morgan fingerprint density at radius 1 is 0.875 bits per heavy atom. The van der Waals surface area contributed by atoms with Crippen LogP contribution in [0.25, 0.3) is 0 Å². The summed E-state index contributed by atoms with van der Waals surface area (Å²) in [6, 6.07) is 14.1. The summed E-state index contributed by atoms with van der Waals surface area (Å²) in [7, 11) is 0. The Kier molecular flexibility index (Phi) is 8.66. The van der Waals surface area contributed by atoms with Crippen LogP contribution in [0, 0.1) is 0 Å². The van der Waals surface area contributed by atoms with E-state index in [-0.39, 0.29) is 24.3 Å². The van der Waals surface area contributed by atoms with Crippen LogP contribution in [0.2, 0.25) is 0 Å². The molecule has 0 atom stereocenters. The molecule has 0 radical (unpaired) electrons. The lowest BCUT2D eigenvalue weighted by atomic mass is 10.1. The minimum Gasteiger partial charge on any atom is -0.376 e. The van der Waals surface area contributed by atoms with Gasteiger partial charge in [0.25, 0.3) is 11.8 Å². The number of anilines is 2. The summed E-state index contributed by atoms with van der Waals surface area (Å²) >= 11 is 0. The van der Waals surface area contributed by atoms with E-state index in [0.29, 0.717) is 23.4 Å². The zero-order valence-corrected chi connectivity index (χ0v) is 18.7. The Balaban J connectivity index is 1.51. The molecular formula is C25H32N4O3. The van der Waals surface area contributed by atoms with Crippen LogP contribution in [0.15, 0.2) is 48.5 Å². The molecular weight excluding hydrogens is 404 g/mol. The third-order valence-electron chi connectivity index (χ3n) is 5.42. The second kappa shape index (κ2) is 11.9. The van der Waals surface area contributed by atoms with Gasteiger partial charge in [-0.3, -0.25) is 14.4 Å². The van der Waals surface area contributed by atoms with Gasteiger partial charge in [-0.05, 0) is 61.7 Å². The fraction of sp³-hybridized carbons (Fsp3) is 0.400. The number of carbonyl (C=O) groups excluding carboxylic acids is 3. The summed E-state index contributed by atoms with van der Waals surface area (Å²) in [6.07, 6.45) is 5.30. The van der Waals surface area contributed by atoms with E-state index in [1.54, 1.807) is 48.5 Å². The summed E-state index contributed by atoms with van der Waals surface area (Å²) in [5.41, 5.74) is 2.52. The summed E-state index contributed by atoms with van der Waals surface area (Å²) < 4.78 is 0. The molecule has 0 saturated carbocycles. The summed E-state index contributed by atoms with van der Waals surface area (Å²) in [6.45, 7) is 4.30. The second-order valence-electron chi connectivity index (χ2n) is 8.02. The predicted octanol–water partition coefficient (Wildman–Crippen LogP) is 3.89. The van der Waals surface area contributed by atoms with Crippen LogP contribution in [0.3, 0.4) is 0 Å². The van der Waals surface area contributed by atoms with Crippen molar-refractivity contribution in [2.24, 2.45) is 0 Å². The van der Waals surface area contributed by atoms with Crippen LogP contribution in [0.1, 0.15) is 59.7 Å². The number of amides is 3. The van der Waals surface area contributed by atoms with E-state index in [2.05, 4.69) is 16.0 Å². The molecule has 1 heterocycles. The maximum absolute atomic E-state index is 12.8. The molecule has 2 aromatic rings. The number of likely N-dealkylation sites (tertiary alicyclic amines) is 1.